The van der Waals surface area contributed by atoms with Gasteiger partial charge in [-0.25, -0.2) is 0 Å². The van der Waals surface area contributed by atoms with E-state index in [2.05, 4.69) is 4.98 Å². The van der Waals surface area contributed by atoms with E-state index in [9.17, 15) is 0 Å². The first-order valence-electron chi connectivity index (χ1n) is 4.66. The lowest BCUT2D eigenvalue weighted by molar-refractivity contribution is 0.416. The van der Waals surface area contributed by atoms with Crippen LogP contribution in [0.5, 0.6) is 5.75 Å². The van der Waals surface area contributed by atoms with Crippen molar-refractivity contribution in [2.75, 3.05) is 7.11 Å². The fraction of sp³-hybridized carbons (Fsp3) is 0.0833. The molecule has 0 spiro atoms. The number of rotatable bonds is 2. The predicted octanol–water partition coefficient (Wildman–Crippen LogP) is 4.06. The molecule has 2 rings (SSSR count). The molecule has 0 saturated heterocycles. The number of hydrogen-bond donors (Lipinski definition) is 0. The summed E-state index contributed by atoms with van der Waals surface area (Å²) in [6, 6.07) is 8.88. The Morgan fingerprint density at radius 1 is 1.06 bits per heavy atom. The average molecular weight is 254 g/mol. The fourth-order valence-electron chi connectivity index (χ4n) is 1.43. The van der Waals surface area contributed by atoms with Gasteiger partial charge in [0, 0.05) is 21.8 Å². The molecule has 0 atom stereocenters. The lowest BCUT2D eigenvalue weighted by Gasteiger charge is -2.08. The van der Waals surface area contributed by atoms with E-state index in [4.69, 9.17) is 27.9 Å². The Labute approximate surface area is 104 Å². The van der Waals surface area contributed by atoms with Crippen LogP contribution in [0.2, 0.25) is 10.0 Å². The molecule has 82 valence electrons. The lowest BCUT2D eigenvalue weighted by atomic mass is 10.1. The Hall–Kier alpha value is -1.25. The molecule has 2 nitrogen and oxygen atoms in total. The topological polar surface area (TPSA) is 22.1 Å². The highest BCUT2D eigenvalue weighted by atomic mass is 35.5. The Kier molecular flexibility index (Phi) is 3.32. The first-order valence-corrected chi connectivity index (χ1v) is 5.42. The molecule has 0 unspecified atom stereocenters. The summed E-state index contributed by atoms with van der Waals surface area (Å²) < 4.78 is 5.25. The predicted molar refractivity (Wildman–Crippen MR) is 66.2 cm³/mol. The van der Waals surface area contributed by atoms with Gasteiger partial charge < -0.3 is 4.74 Å². The molecule has 0 N–H and O–H groups in total. The molecule has 1 aromatic heterocycles. The summed E-state index contributed by atoms with van der Waals surface area (Å²) in [5.74, 6) is 0.721. The second-order valence-electron chi connectivity index (χ2n) is 3.20. The summed E-state index contributed by atoms with van der Waals surface area (Å²) in [5.41, 5.74) is 1.57. The Balaban J connectivity index is 2.58. The maximum Gasteiger partial charge on any atom is 0.128 e. The highest BCUT2D eigenvalue weighted by Gasteiger charge is 2.08. The van der Waals surface area contributed by atoms with Crippen LogP contribution in [0, 0.1) is 0 Å². The van der Waals surface area contributed by atoms with Crippen molar-refractivity contribution in [3.05, 3.63) is 46.6 Å². The molecule has 16 heavy (non-hydrogen) atoms. The number of aromatic nitrogens is 1. The van der Waals surface area contributed by atoms with Gasteiger partial charge in [0.1, 0.15) is 5.75 Å². The molecule has 1 heterocycles. The fourth-order valence-corrected chi connectivity index (χ4v) is 1.76. The highest BCUT2D eigenvalue weighted by Crippen LogP contribution is 2.32. The Bertz CT molecular complexity index is 514. The minimum absolute atomic E-state index is 0.632. The van der Waals surface area contributed by atoms with Gasteiger partial charge in [-0.15, -0.1) is 0 Å². The number of halogens is 2. The number of hydrogen-bond acceptors (Lipinski definition) is 2. The molecule has 0 bridgehead atoms. The minimum atomic E-state index is 0.632. The number of pyridine rings is 1. The monoisotopic (exact) mass is 253 g/mol. The van der Waals surface area contributed by atoms with Gasteiger partial charge in [-0.1, -0.05) is 23.2 Å². The third kappa shape index (κ3) is 2.29. The van der Waals surface area contributed by atoms with E-state index in [1.807, 2.05) is 0 Å². The summed E-state index contributed by atoms with van der Waals surface area (Å²) in [6.45, 7) is 0. The van der Waals surface area contributed by atoms with Gasteiger partial charge in [-0.05, 0) is 30.3 Å². The molecule has 0 aliphatic heterocycles. The summed E-state index contributed by atoms with van der Waals surface area (Å²) in [7, 11) is 1.61. The van der Waals surface area contributed by atoms with Crippen LogP contribution < -0.4 is 4.74 Å². The van der Waals surface area contributed by atoms with Gasteiger partial charge in [0.15, 0.2) is 0 Å². The van der Waals surface area contributed by atoms with Crippen molar-refractivity contribution in [3.8, 4) is 17.0 Å². The number of nitrogens with zero attached hydrogens (tertiary/aromatic N) is 1. The van der Waals surface area contributed by atoms with Crippen molar-refractivity contribution in [1.82, 2.24) is 4.98 Å². The van der Waals surface area contributed by atoms with E-state index < -0.39 is 0 Å². The van der Waals surface area contributed by atoms with E-state index >= 15 is 0 Å². The van der Waals surface area contributed by atoms with Crippen molar-refractivity contribution >= 4 is 23.2 Å². The lowest BCUT2D eigenvalue weighted by Crippen LogP contribution is -1.89. The van der Waals surface area contributed by atoms with Crippen LogP contribution in [0.4, 0.5) is 0 Å². The number of ether oxygens (including phenoxy) is 1. The first-order chi connectivity index (χ1) is 7.70. The SMILES string of the molecule is COc1ccc(Cl)cc1-c1cc(Cl)ccn1. The van der Waals surface area contributed by atoms with Crippen molar-refractivity contribution in [2.45, 2.75) is 0 Å². The van der Waals surface area contributed by atoms with Crippen LogP contribution in [-0.4, -0.2) is 12.1 Å². The summed E-state index contributed by atoms with van der Waals surface area (Å²) in [5, 5.41) is 1.27. The standard InChI is InChI=1S/C12H9Cl2NO/c1-16-12-3-2-8(13)6-10(12)11-7-9(14)4-5-15-11/h2-7H,1H3. The smallest absolute Gasteiger partial charge is 0.128 e. The Morgan fingerprint density at radius 2 is 1.81 bits per heavy atom. The van der Waals surface area contributed by atoms with Gasteiger partial charge in [0.05, 0.1) is 12.8 Å². The van der Waals surface area contributed by atoms with Crippen LogP contribution in [0.3, 0.4) is 0 Å². The third-order valence-corrected chi connectivity index (χ3v) is 2.63. The van der Waals surface area contributed by atoms with E-state index in [0.29, 0.717) is 10.0 Å². The van der Waals surface area contributed by atoms with E-state index in [0.717, 1.165) is 17.0 Å². The molecular formula is C12H9Cl2NO. The maximum atomic E-state index is 5.95. The second kappa shape index (κ2) is 4.73. The quantitative estimate of drug-likeness (QED) is 0.806. The molecule has 1 aromatic carbocycles. The molecule has 0 aliphatic rings. The van der Waals surface area contributed by atoms with Crippen molar-refractivity contribution in [2.24, 2.45) is 0 Å². The first kappa shape index (κ1) is 11.2. The summed E-state index contributed by atoms with van der Waals surface area (Å²) in [6.07, 6.45) is 1.65. The van der Waals surface area contributed by atoms with Crippen LogP contribution in [0.25, 0.3) is 11.3 Å². The summed E-state index contributed by atoms with van der Waals surface area (Å²) >= 11 is 11.9. The summed E-state index contributed by atoms with van der Waals surface area (Å²) in [4.78, 5) is 4.24. The molecule has 2 aromatic rings. The average Bonchev–Trinajstić information content (AvgIpc) is 2.29. The zero-order valence-electron chi connectivity index (χ0n) is 8.58. The zero-order valence-corrected chi connectivity index (χ0v) is 10.1. The van der Waals surface area contributed by atoms with Crippen molar-refractivity contribution in [1.29, 1.82) is 0 Å². The number of methoxy groups -OCH3 is 1. The molecule has 0 amide bonds. The van der Waals surface area contributed by atoms with Crippen LogP contribution in [0.1, 0.15) is 0 Å². The van der Waals surface area contributed by atoms with Gasteiger partial charge in [-0.3, -0.25) is 4.98 Å². The molecule has 0 radical (unpaired) electrons. The van der Waals surface area contributed by atoms with Crippen LogP contribution >= 0.6 is 23.2 Å². The third-order valence-electron chi connectivity index (χ3n) is 2.16. The molecule has 0 saturated carbocycles. The zero-order chi connectivity index (χ0) is 11.5. The number of benzene rings is 1. The largest absolute Gasteiger partial charge is 0.496 e. The van der Waals surface area contributed by atoms with Crippen molar-refractivity contribution in [3.63, 3.8) is 0 Å². The molecule has 0 fully saturated rings. The second-order valence-corrected chi connectivity index (χ2v) is 4.08. The van der Waals surface area contributed by atoms with E-state index in [-0.39, 0.29) is 0 Å². The van der Waals surface area contributed by atoms with Gasteiger partial charge >= 0.3 is 0 Å². The normalized spacial score (nSPS) is 10.2. The van der Waals surface area contributed by atoms with Crippen molar-refractivity contribution < 1.29 is 4.74 Å². The minimum Gasteiger partial charge on any atom is -0.496 e. The maximum absolute atomic E-state index is 5.95. The molecular weight excluding hydrogens is 245 g/mol. The van der Waals surface area contributed by atoms with Crippen LogP contribution in [-0.2, 0) is 0 Å². The van der Waals surface area contributed by atoms with Crippen LogP contribution in [0.15, 0.2) is 36.5 Å². The Morgan fingerprint density at radius 3 is 2.50 bits per heavy atom. The molecule has 0 aliphatic carbocycles. The van der Waals surface area contributed by atoms with Gasteiger partial charge in [-0.2, -0.15) is 0 Å². The van der Waals surface area contributed by atoms with E-state index in [1.165, 1.54) is 0 Å². The highest BCUT2D eigenvalue weighted by molar-refractivity contribution is 6.31. The molecule has 4 heteroatoms. The van der Waals surface area contributed by atoms with E-state index in [1.54, 1.807) is 43.6 Å². The van der Waals surface area contributed by atoms with Gasteiger partial charge in [0.2, 0.25) is 0 Å². The van der Waals surface area contributed by atoms with Gasteiger partial charge in [0.25, 0.3) is 0 Å².